The van der Waals surface area contributed by atoms with E-state index < -0.39 is 0 Å². The number of piperidine rings is 1. The molecule has 0 amide bonds. The van der Waals surface area contributed by atoms with E-state index in [1.54, 1.807) is 0 Å². The maximum atomic E-state index is 5.83. The first-order valence-electron chi connectivity index (χ1n) is 7.13. The van der Waals surface area contributed by atoms with Gasteiger partial charge in [-0.1, -0.05) is 19.1 Å². The van der Waals surface area contributed by atoms with Crippen LogP contribution in [0, 0.1) is 5.92 Å². The third-order valence-electron chi connectivity index (χ3n) is 4.27. The molecule has 2 nitrogen and oxygen atoms in total. The molecule has 1 heterocycles. The number of anilines is 1. The highest BCUT2D eigenvalue weighted by atomic mass is 15.2. The van der Waals surface area contributed by atoms with Gasteiger partial charge in [-0.2, -0.15) is 0 Å². The van der Waals surface area contributed by atoms with E-state index in [1.807, 2.05) is 0 Å². The summed E-state index contributed by atoms with van der Waals surface area (Å²) in [6.45, 7) is 8.82. The lowest BCUT2D eigenvalue weighted by molar-refractivity contribution is 0.279. The van der Waals surface area contributed by atoms with E-state index in [9.17, 15) is 0 Å². The number of nitrogens with two attached hydrogens (primary N) is 1. The van der Waals surface area contributed by atoms with E-state index in [0.29, 0.717) is 5.92 Å². The van der Waals surface area contributed by atoms with E-state index in [1.165, 1.54) is 24.1 Å². The Morgan fingerprint density at radius 3 is 2.44 bits per heavy atom. The molecule has 0 aliphatic carbocycles. The fourth-order valence-corrected chi connectivity index (χ4v) is 3.12. The second-order valence-electron chi connectivity index (χ2n) is 6.08. The van der Waals surface area contributed by atoms with Crippen molar-refractivity contribution in [2.75, 3.05) is 18.0 Å². The van der Waals surface area contributed by atoms with Crippen molar-refractivity contribution >= 4 is 5.69 Å². The van der Waals surface area contributed by atoms with Crippen molar-refractivity contribution < 1.29 is 0 Å². The molecule has 0 bridgehead atoms. The van der Waals surface area contributed by atoms with Crippen molar-refractivity contribution in [1.29, 1.82) is 0 Å². The predicted octanol–water partition coefficient (Wildman–Crippen LogP) is 3.20. The summed E-state index contributed by atoms with van der Waals surface area (Å²) in [4.78, 5) is 2.54. The van der Waals surface area contributed by atoms with Gasteiger partial charge in [-0.25, -0.2) is 0 Å². The molecule has 1 unspecified atom stereocenters. The molecular formula is C16H26N2. The van der Waals surface area contributed by atoms with E-state index >= 15 is 0 Å². The Labute approximate surface area is 111 Å². The Morgan fingerprint density at radius 2 is 1.94 bits per heavy atom. The molecule has 18 heavy (non-hydrogen) atoms. The largest absolute Gasteiger partial charge is 0.366 e. The maximum absolute atomic E-state index is 5.83. The average molecular weight is 246 g/mol. The van der Waals surface area contributed by atoms with Gasteiger partial charge in [0.1, 0.15) is 0 Å². The van der Waals surface area contributed by atoms with Crippen LogP contribution in [0.2, 0.25) is 0 Å². The molecule has 0 saturated carbocycles. The van der Waals surface area contributed by atoms with Crippen molar-refractivity contribution in [2.24, 2.45) is 11.7 Å². The van der Waals surface area contributed by atoms with Gasteiger partial charge in [-0.3, -0.25) is 0 Å². The van der Waals surface area contributed by atoms with Crippen LogP contribution in [0.5, 0.6) is 0 Å². The van der Waals surface area contributed by atoms with Gasteiger partial charge in [0.05, 0.1) is 0 Å². The minimum atomic E-state index is 0.218. The highest BCUT2D eigenvalue weighted by molar-refractivity contribution is 5.50. The van der Waals surface area contributed by atoms with Crippen LogP contribution in [0.15, 0.2) is 24.3 Å². The summed E-state index contributed by atoms with van der Waals surface area (Å²) >= 11 is 0. The van der Waals surface area contributed by atoms with Gasteiger partial charge in [0, 0.05) is 17.8 Å². The summed E-state index contributed by atoms with van der Waals surface area (Å²) in [5, 5.41) is 0. The SMILES string of the molecule is CCc1ccc(N2CCC(CN)CC2(C)C)cc1. The normalized spacial score (nSPS) is 23.1. The highest BCUT2D eigenvalue weighted by Gasteiger charge is 2.34. The summed E-state index contributed by atoms with van der Waals surface area (Å²) in [5.74, 6) is 0.686. The average Bonchev–Trinajstić information content (AvgIpc) is 2.38. The minimum Gasteiger partial charge on any atom is -0.366 e. The smallest absolute Gasteiger partial charge is 0.0370 e. The Hall–Kier alpha value is -1.02. The van der Waals surface area contributed by atoms with Crippen LogP contribution in [0.25, 0.3) is 0 Å². The van der Waals surface area contributed by atoms with Gasteiger partial charge in [0.2, 0.25) is 0 Å². The zero-order valence-corrected chi connectivity index (χ0v) is 11.9. The van der Waals surface area contributed by atoms with E-state index in [-0.39, 0.29) is 5.54 Å². The molecule has 1 saturated heterocycles. The van der Waals surface area contributed by atoms with Crippen LogP contribution in [0.4, 0.5) is 5.69 Å². The number of nitrogens with zero attached hydrogens (tertiary/aromatic N) is 1. The van der Waals surface area contributed by atoms with Crippen molar-refractivity contribution in [3.05, 3.63) is 29.8 Å². The van der Waals surface area contributed by atoms with Crippen molar-refractivity contribution in [1.82, 2.24) is 0 Å². The minimum absolute atomic E-state index is 0.218. The van der Waals surface area contributed by atoms with Crippen LogP contribution < -0.4 is 10.6 Å². The molecule has 1 aromatic carbocycles. The highest BCUT2D eigenvalue weighted by Crippen LogP contribution is 2.35. The number of benzene rings is 1. The first kappa shape index (κ1) is 13.4. The summed E-state index contributed by atoms with van der Waals surface area (Å²) in [6.07, 6.45) is 3.52. The molecule has 2 N–H and O–H groups in total. The van der Waals surface area contributed by atoms with Crippen LogP contribution >= 0.6 is 0 Å². The van der Waals surface area contributed by atoms with Gasteiger partial charge >= 0.3 is 0 Å². The number of hydrogen-bond acceptors (Lipinski definition) is 2. The van der Waals surface area contributed by atoms with Gasteiger partial charge in [-0.05, 0) is 63.3 Å². The molecule has 1 aromatic rings. The third-order valence-corrected chi connectivity index (χ3v) is 4.27. The van der Waals surface area contributed by atoms with Crippen LogP contribution in [-0.4, -0.2) is 18.6 Å². The fraction of sp³-hybridized carbons (Fsp3) is 0.625. The van der Waals surface area contributed by atoms with E-state index in [2.05, 4.69) is 49.9 Å². The monoisotopic (exact) mass is 246 g/mol. The molecule has 0 aromatic heterocycles. The van der Waals surface area contributed by atoms with Crippen LogP contribution in [0.3, 0.4) is 0 Å². The Bertz CT molecular complexity index is 381. The van der Waals surface area contributed by atoms with Gasteiger partial charge in [-0.15, -0.1) is 0 Å². The molecule has 0 spiro atoms. The lowest BCUT2D eigenvalue weighted by atomic mass is 9.82. The number of aryl methyl sites for hydroxylation is 1. The number of hydrogen-bond donors (Lipinski definition) is 1. The second kappa shape index (κ2) is 5.31. The van der Waals surface area contributed by atoms with E-state index in [0.717, 1.165) is 19.5 Å². The fourth-order valence-electron chi connectivity index (χ4n) is 3.12. The van der Waals surface area contributed by atoms with Crippen molar-refractivity contribution in [2.45, 2.75) is 45.6 Å². The summed E-state index contributed by atoms with van der Waals surface area (Å²) < 4.78 is 0. The standard InChI is InChI=1S/C16H26N2/c1-4-13-5-7-15(8-6-13)18-10-9-14(12-17)11-16(18,2)3/h5-8,14H,4,9-12,17H2,1-3H3. The molecule has 1 aliphatic rings. The quantitative estimate of drug-likeness (QED) is 0.887. The Morgan fingerprint density at radius 1 is 1.28 bits per heavy atom. The zero-order valence-electron chi connectivity index (χ0n) is 11.9. The topological polar surface area (TPSA) is 29.3 Å². The van der Waals surface area contributed by atoms with Crippen LogP contribution in [0.1, 0.15) is 39.2 Å². The lowest BCUT2D eigenvalue weighted by Gasteiger charge is -2.47. The van der Waals surface area contributed by atoms with Crippen LogP contribution in [-0.2, 0) is 6.42 Å². The summed E-state index contributed by atoms with van der Waals surface area (Å²) in [5.41, 5.74) is 8.81. The molecule has 2 rings (SSSR count). The van der Waals surface area contributed by atoms with Crippen molar-refractivity contribution in [3.63, 3.8) is 0 Å². The molecule has 0 radical (unpaired) electrons. The van der Waals surface area contributed by atoms with Gasteiger partial charge in [0.15, 0.2) is 0 Å². The number of rotatable bonds is 3. The molecular weight excluding hydrogens is 220 g/mol. The molecule has 100 valence electrons. The van der Waals surface area contributed by atoms with Gasteiger partial charge < -0.3 is 10.6 Å². The first-order valence-corrected chi connectivity index (χ1v) is 7.13. The molecule has 1 aliphatic heterocycles. The third kappa shape index (κ3) is 2.69. The summed E-state index contributed by atoms with van der Waals surface area (Å²) in [7, 11) is 0. The predicted molar refractivity (Wildman–Crippen MR) is 79.0 cm³/mol. The Kier molecular flexibility index (Phi) is 3.96. The molecule has 2 heteroatoms. The summed E-state index contributed by atoms with van der Waals surface area (Å²) in [6, 6.07) is 9.04. The van der Waals surface area contributed by atoms with Crippen molar-refractivity contribution in [3.8, 4) is 0 Å². The molecule has 1 atom stereocenters. The second-order valence-corrected chi connectivity index (χ2v) is 6.08. The first-order chi connectivity index (χ1) is 8.56. The molecule has 1 fully saturated rings. The van der Waals surface area contributed by atoms with Gasteiger partial charge in [0.25, 0.3) is 0 Å². The van der Waals surface area contributed by atoms with E-state index in [4.69, 9.17) is 5.73 Å². The maximum Gasteiger partial charge on any atom is 0.0370 e. The Balaban J connectivity index is 2.16. The lowest BCUT2D eigenvalue weighted by Crippen LogP contribution is -2.51. The zero-order chi connectivity index (χ0) is 13.2.